The van der Waals surface area contributed by atoms with E-state index in [0.717, 1.165) is 18.2 Å². The van der Waals surface area contributed by atoms with Crippen LogP contribution in [-0.2, 0) is 12.7 Å². The fraction of sp³-hybridized carbons (Fsp3) is 0.571. The Labute approximate surface area is 116 Å². The van der Waals surface area contributed by atoms with Gasteiger partial charge in [0.05, 0.1) is 5.56 Å². The molecule has 0 saturated heterocycles. The first-order valence-corrected chi connectivity index (χ1v) is 6.20. The highest BCUT2D eigenvalue weighted by Crippen LogP contribution is 2.33. The van der Waals surface area contributed by atoms with Crippen molar-refractivity contribution in [3.8, 4) is 0 Å². The predicted molar refractivity (Wildman–Crippen MR) is 68.6 cm³/mol. The summed E-state index contributed by atoms with van der Waals surface area (Å²) in [7, 11) is 1.64. The van der Waals surface area contributed by atoms with Crippen molar-refractivity contribution in [3.63, 3.8) is 0 Å². The Morgan fingerprint density at radius 3 is 2.30 bits per heavy atom. The molecule has 0 aromatic heterocycles. The van der Waals surface area contributed by atoms with E-state index in [1.54, 1.807) is 25.8 Å². The van der Waals surface area contributed by atoms with Gasteiger partial charge in [0.15, 0.2) is 0 Å². The topological polar surface area (TPSA) is 23.5 Å². The molecule has 1 rings (SSSR count). The van der Waals surface area contributed by atoms with Crippen LogP contribution in [0.2, 0.25) is 0 Å². The number of aliphatic hydroxyl groups is 1. The number of rotatable bonds is 5. The van der Waals surface area contributed by atoms with Crippen molar-refractivity contribution in [2.45, 2.75) is 26.6 Å². The lowest BCUT2D eigenvalue weighted by Crippen LogP contribution is -2.34. The van der Waals surface area contributed by atoms with Gasteiger partial charge < -0.3 is 10.0 Å². The zero-order valence-electron chi connectivity index (χ0n) is 11.8. The van der Waals surface area contributed by atoms with Crippen molar-refractivity contribution in [1.29, 1.82) is 0 Å². The maximum atomic E-state index is 13.2. The second-order valence-corrected chi connectivity index (χ2v) is 5.79. The van der Waals surface area contributed by atoms with Crippen molar-refractivity contribution in [1.82, 2.24) is 4.90 Å². The number of halogens is 4. The summed E-state index contributed by atoms with van der Waals surface area (Å²) in [6.45, 7) is 3.90. The number of aliphatic hydroxyl groups excluding tert-OH is 1. The lowest BCUT2D eigenvalue weighted by atomic mass is 9.94. The molecular formula is C14H19F4NO. The quantitative estimate of drug-likeness (QED) is 0.842. The largest absolute Gasteiger partial charge is 0.416 e. The summed E-state index contributed by atoms with van der Waals surface area (Å²) in [5.74, 6) is -0.692. The van der Waals surface area contributed by atoms with Gasteiger partial charge in [0.1, 0.15) is 5.82 Å². The van der Waals surface area contributed by atoms with E-state index in [1.807, 2.05) is 0 Å². The van der Waals surface area contributed by atoms with Crippen molar-refractivity contribution in [2.75, 3.05) is 20.2 Å². The van der Waals surface area contributed by atoms with Crippen LogP contribution in [0.5, 0.6) is 0 Å². The third kappa shape index (κ3) is 4.76. The Kier molecular flexibility index (Phi) is 5.15. The van der Waals surface area contributed by atoms with E-state index in [9.17, 15) is 22.7 Å². The molecule has 0 spiro atoms. The third-order valence-corrected chi connectivity index (χ3v) is 2.94. The Balaban J connectivity index is 2.94. The molecule has 114 valence electrons. The van der Waals surface area contributed by atoms with Crippen molar-refractivity contribution in [2.24, 2.45) is 5.41 Å². The molecule has 20 heavy (non-hydrogen) atoms. The van der Waals surface area contributed by atoms with Crippen LogP contribution in [0.1, 0.15) is 25.0 Å². The molecule has 0 aliphatic rings. The molecular weight excluding hydrogens is 274 g/mol. The number of hydrogen-bond donors (Lipinski definition) is 1. The van der Waals surface area contributed by atoms with Gasteiger partial charge >= 0.3 is 6.18 Å². The number of benzene rings is 1. The number of alkyl halides is 3. The van der Waals surface area contributed by atoms with Crippen molar-refractivity contribution < 1.29 is 22.7 Å². The van der Waals surface area contributed by atoms with E-state index in [4.69, 9.17) is 0 Å². The highest BCUT2D eigenvalue weighted by atomic mass is 19.4. The average molecular weight is 293 g/mol. The Morgan fingerprint density at radius 2 is 1.80 bits per heavy atom. The molecule has 1 aromatic rings. The zero-order valence-corrected chi connectivity index (χ0v) is 11.8. The Bertz CT molecular complexity index is 457. The van der Waals surface area contributed by atoms with Crippen LogP contribution >= 0.6 is 0 Å². The molecule has 0 saturated carbocycles. The summed E-state index contributed by atoms with van der Waals surface area (Å²) in [5, 5.41) is 9.17. The summed E-state index contributed by atoms with van der Waals surface area (Å²) >= 11 is 0. The molecule has 0 heterocycles. The standard InChI is InChI=1S/C14H19F4NO/c1-13(2,9-20)8-19(3)7-10-6-11(15)4-5-12(10)14(16,17)18/h4-6,20H,7-9H2,1-3H3. The van der Waals surface area contributed by atoms with E-state index < -0.39 is 23.0 Å². The molecule has 0 fully saturated rings. The third-order valence-electron chi connectivity index (χ3n) is 2.94. The molecule has 2 nitrogen and oxygen atoms in total. The van der Waals surface area contributed by atoms with Gasteiger partial charge in [-0.15, -0.1) is 0 Å². The van der Waals surface area contributed by atoms with Gasteiger partial charge in [-0.05, 0) is 30.8 Å². The first kappa shape index (κ1) is 16.9. The SMILES string of the molecule is CN(Cc1cc(F)ccc1C(F)(F)F)CC(C)(C)CO. The van der Waals surface area contributed by atoms with E-state index in [0.29, 0.717) is 6.54 Å². The van der Waals surface area contributed by atoms with Crippen LogP contribution in [0.3, 0.4) is 0 Å². The van der Waals surface area contributed by atoms with Gasteiger partial charge in [-0.25, -0.2) is 4.39 Å². The van der Waals surface area contributed by atoms with Crippen LogP contribution in [0.4, 0.5) is 17.6 Å². The van der Waals surface area contributed by atoms with Crippen LogP contribution in [0, 0.1) is 11.2 Å². The summed E-state index contributed by atoms with van der Waals surface area (Å²) in [4.78, 5) is 1.64. The molecule has 1 aromatic carbocycles. The molecule has 0 bridgehead atoms. The van der Waals surface area contributed by atoms with E-state index in [1.165, 1.54) is 0 Å². The summed E-state index contributed by atoms with van der Waals surface area (Å²) in [6, 6.07) is 2.48. The lowest BCUT2D eigenvalue weighted by molar-refractivity contribution is -0.138. The van der Waals surface area contributed by atoms with Gasteiger partial charge in [0.25, 0.3) is 0 Å². The molecule has 0 unspecified atom stereocenters. The lowest BCUT2D eigenvalue weighted by Gasteiger charge is -2.29. The molecule has 6 heteroatoms. The normalized spacial score (nSPS) is 13.1. The second kappa shape index (κ2) is 6.10. The molecule has 0 radical (unpaired) electrons. The van der Waals surface area contributed by atoms with Gasteiger partial charge in [-0.1, -0.05) is 13.8 Å². The summed E-state index contributed by atoms with van der Waals surface area (Å²) < 4.78 is 51.7. The molecule has 0 aliphatic carbocycles. The first-order valence-electron chi connectivity index (χ1n) is 6.20. The molecule has 1 N–H and O–H groups in total. The minimum Gasteiger partial charge on any atom is -0.396 e. The monoisotopic (exact) mass is 293 g/mol. The van der Waals surface area contributed by atoms with Gasteiger partial charge in [0, 0.05) is 25.1 Å². The minimum atomic E-state index is -4.50. The fourth-order valence-electron chi connectivity index (χ4n) is 2.10. The van der Waals surface area contributed by atoms with E-state index >= 15 is 0 Å². The molecule has 0 amide bonds. The Hall–Kier alpha value is -1.14. The van der Waals surface area contributed by atoms with Gasteiger partial charge in [-0.2, -0.15) is 13.2 Å². The maximum Gasteiger partial charge on any atom is 0.416 e. The smallest absolute Gasteiger partial charge is 0.396 e. The summed E-state index contributed by atoms with van der Waals surface area (Å²) in [5.41, 5.74) is -1.36. The van der Waals surface area contributed by atoms with Gasteiger partial charge in [-0.3, -0.25) is 0 Å². The van der Waals surface area contributed by atoms with Crippen LogP contribution in [-0.4, -0.2) is 30.2 Å². The van der Waals surface area contributed by atoms with Crippen LogP contribution in [0.15, 0.2) is 18.2 Å². The zero-order chi connectivity index (χ0) is 15.6. The fourth-order valence-corrected chi connectivity index (χ4v) is 2.10. The minimum absolute atomic E-state index is 0.0317. The maximum absolute atomic E-state index is 13.2. The summed E-state index contributed by atoms with van der Waals surface area (Å²) in [6.07, 6.45) is -4.50. The average Bonchev–Trinajstić information content (AvgIpc) is 2.26. The Morgan fingerprint density at radius 1 is 1.20 bits per heavy atom. The van der Waals surface area contributed by atoms with E-state index in [2.05, 4.69) is 0 Å². The first-order chi connectivity index (χ1) is 9.05. The van der Waals surface area contributed by atoms with Gasteiger partial charge in [0.2, 0.25) is 0 Å². The number of hydrogen-bond acceptors (Lipinski definition) is 2. The van der Waals surface area contributed by atoms with E-state index in [-0.39, 0.29) is 18.7 Å². The van der Waals surface area contributed by atoms with Crippen LogP contribution < -0.4 is 0 Å². The second-order valence-electron chi connectivity index (χ2n) is 5.79. The number of nitrogens with zero attached hydrogens (tertiary/aromatic N) is 1. The van der Waals surface area contributed by atoms with Crippen molar-refractivity contribution >= 4 is 0 Å². The molecule has 0 aliphatic heterocycles. The van der Waals surface area contributed by atoms with Crippen molar-refractivity contribution in [3.05, 3.63) is 35.1 Å². The molecule has 0 atom stereocenters. The predicted octanol–water partition coefficient (Wildman–Crippen LogP) is 3.29. The highest BCUT2D eigenvalue weighted by molar-refractivity contribution is 5.30. The van der Waals surface area contributed by atoms with Crippen LogP contribution in [0.25, 0.3) is 0 Å². The highest BCUT2D eigenvalue weighted by Gasteiger charge is 2.33.